The van der Waals surface area contributed by atoms with Gasteiger partial charge in [-0.25, -0.2) is 0 Å². The molecule has 0 bridgehead atoms. The molecule has 0 unspecified atom stereocenters. The highest BCUT2D eigenvalue weighted by Crippen LogP contribution is 2.28. The summed E-state index contributed by atoms with van der Waals surface area (Å²) in [5.74, 6) is 1.84. The van der Waals surface area contributed by atoms with Crippen LogP contribution in [0, 0.1) is 0 Å². The molecule has 0 aliphatic heterocycles. The summed E-state index contributed by atoms with van der Waals surface area (Å²) in [6.07, 6.45) is 9.70. The number of allylic oxidation sites excluding steroid dienone is 4. The molecule has 4 heteroatoms. The number of ether oxygens (including phenoxy) is 3. The fraction of sp³-hybridized carbons (Fsp3) is 0.296. The van der Waals surface area contributed by atoms with E-state index in [0.29, 0.717) is 23.7 Å². The second-order valence-corrected chi connectivity index (χ2v) is 7.52. The number of hydrogen-bond donors (Lipinski definition) is 0. The Hall–Kier alpha value is -3.27. The molecular weight excluding hydrogens is 388 g/mol. The molecule has 31 heavy (non-hydrogen) atoms. The lowest BCUT2D eigenvalue weighted by Gasteiger charge is -2.10. The van der Waals surface area contributed by atoms with Crippen molar-refractivity contribution in [1.29, 1.82) is 0 Å². The molecule has 164 valence electrons. The minimum atomic E-state index is -0.101. The number of carbonyl (C=O) groups is 1. The molecule has 0 radical (unpaired) electrons. The fourth-order valence-corrected chi connectivity index (χ4v) is 2.89. The van der Waals surface area contributed by atoms with Gasteiger partial charge in [0, 0.05) is 5.56 Å². The van der Waals surface area contributed by atoms with Crippen LogP contribution in [-0.2, 0) is 0 Å². The smallest absolute Gasteiger partial charge is 0.185 e. The van der Waals surface area contributed by atoms with Crippen molar-refractivity contribution in [3.05, 3.63) is 83.0 Å². The van der Waals surface area contributed by atoms with Crippen LogP contribution < -0.4 is 14.2 Å². The first kappa shape index (κ1) is 24.0. The maximum Gasteiger partial charge on any atom is 0.185 e. The standard InChI is InChI=1S/C27H32O4/c1-20(2)7-6-8-21(3)17-18-31-26-16-12-23(19-27(26)30-5)25(28)15-11-22-9-13-24(29-4)14-10-22/h7,9-17,19H,6,8,18H2,1-5H3/b15-11+,21-17+. The van der Waals surface area contributed by atoms with E-state index in [1.54, 1.807) is 44.6 Å². The minimum Gasteiger partial charge on any atom is -0.497 e. The van der Waals surface area contributed by atoms with Gasteiger partial charge in [0.05, 0.1) is 14.2 Å². The second-order valence-electron chi connectivity index (χ2n) is 7.52. The first-order valence-corrected chi connectivity index (χ1v) is 10.4. The van der Waals surface area contributed by atoms with Crippen molar-refractivity contribution in [2.24, 2.45) is 0 Å². The number of carbonyl (C=O) groups excluding carboxylic acids is 1. The van der Waals surface area contributed by atoms with Crippen LogP contribution in [0.2, 0.25) is 0 Å². The Balaban J connectivity index is 1.99. The lowest BCUT2D eigenvalue weighted by Crippen LogP contribution is -2.00. The van der Waals surface area contributed by atoms with E-state index in [9.17, 15) is 4.79 Å². The van der Waals surface area contributed by atoms with Gasteiger partial charge in [0.1, 0.15) is 12.4 Å². The lowest BCUT2D eigenvalue weighted by atomic mass is 10.1. The van der Waals surface area contributed by atoms with Crippen LogP contribution in [0.5, 0.6) is 17.2 Å². The van der Waals surface area contributed by atoms with Gasteiger partial charge < -0.3 is 14.2 Å². The Morgan fingerprint density at radius 1 is 0.903 bits per heavy atom. The van der Waals surface area contributed by atoms with E-state index in [1.165, 1.54) is 11.1 Å². The van der Waals surface area contributed by atoms with E-state index in [0.717, 1.165) is 24.2 Å². The molecule has 0 aliphatic rings. The van der Waals surface area contributed by atoms with Crippen LogP contribution in [0.1, 0.15) is 49.5 Å². The predicted octanol–water partition coefficient (Wildman–Crippen LogP) is 6.67. The molecule has 0 N–H and O–H groups in total. The van der Waals surface area contributed by atoms with Gasteiger partial charge in [-0.3, -0.25) is 4.79 Å². The number of methoxy groups -OCH3 is 2. The maximum atomic E-state index is 12.6. The first-order valence-electron chi connectivity index (χ1n) is 10.4. The molecule has 2 aromatic carbocycles. The van der Waals surface area contributed by atoms with Gasteiger partial charge >= 0.3 is 0 Å². The molecule has 0 aliphatic carbocycles. The number of rotatable bonds is 11. The Morgan fingerprint density at radius 3 is 2.29 bits per heavy atom. The molecule has 4 nitrogen and oxygen atoms in total. The average Bonchev–Trinajstić information content (AvgIpc) is 2.77. The van der Waals surface area contributed by atoms with Gasteiger partial charge in [-0.1, -0.05) is 35.4 Å². The SMILES string of the molecule is COc1ccc(/C=C/C(=O)c2ccc(OC/C=C(\C)CCC=C(C)C)c(OC)c2)cc1. The molecule has 0 fully saturated rings. The van der Waals surface area contributed by atoms with Crippen molar-refractivity contribution in [2.75, 3.05) is 20.8 Å². The van der Waals surface area contributed by atoms with Crippen molar-refractivity contribution >= 4 is 11.9 Å². The van der Waals surface area contributed by atoms with Crippen molar-refractivity contribution < 1.29 is 19.0 Å². The molecule has 0 heterocycles. The lowest BCUT2D eigenvalue weighted by molar-refractivity contribution is 0.104. The predicted molar refractivity (Wildman–Crippen MR) is 127 cm³/mol. The van der Waals surface area contributed by atoms with Crippen molar-refractivity contribution in [3.8, 4) is 17.2 Å². The molecule has 0 atom stereocenters. The molecule has 0 saturated heterocycles. The van der Waals surface area contributed by atoms with Gasteiger partial charge in [0.2, 0.25) is 0 Å². The van der Waals surface area contributed by atoms with Crippen LogP contribution in [0.4, 0.5) is 0 Å². The van der Waals surface area contributed by atoms with E-state index < -0.39 is 0 Å². The Morgan fingerprint density at radius 2 is 1.65 bits per heavy atom. The van der Waals surface area contributed by atoms with Crippen molar-refractivity contribution in [1.82, 2.24) is 0 Å². The monoisotopic (exact) mass is 420 g/mol. The van der Waals surface area contributed by atoms with Crippen molar-refractivity contribution in [3.63, 3.8) is 0 Å². The number of hydrogen-bond acceptors (Lipinski definition) is 4. The normalized spacial score (nSPS) is 11.3. The highest BCUT2D eigenvalue weighted by atomic mass is 16.5. The molecule has 0 saturated carbocycles. The van der Waals surface area contributed by atoms with Crippen LogP contribution in [-0.4, -0.2) is 26.6 Å². The molecule has 2 aromatic rings. The third kappa shape index (κ3) is 8.17. The van der Waals surface area contributed by atoms with E-state index in [4.69, 9.17) is 14.2 Å². The average molecular weight is 421 g/mol. The van der Waals surface area contributed by atoms with Gasteiger partial charge in [-0.15, -0.1) is 0 Å². The number of ketones is 1. The highest BCUT2D eigenvalue weighted by Gasteiger charge is 2.09. The quantitative estimate of drug-likeness (QED) is 0.231. The summed E-state index contributed by atoms with van der Waals surface area (Å²) in [6.45, 7) is 6.79. The summed E-state index contributed by atoms with van der Waals surface area (Å²) >= 11 is 0. The maximum absolute atomic E-state index is 12.6. The largest absolute Gasteiger partial charge is 0.497 e. The van der Waals surface area contributed by atoms with E-state index in [-0.39, 0.29) is 5.78 Å². The molecule has 2 rings (SSSR count). The highest BCUT2D eigenvalue weighted by molar-refractivity contribution is 6.07. The van der Waals surface area contributed by atoms with Gasteiger partial charge in [-0.05, 0) is 81.7 Å². The summed E-state index contributed by atoms with van der Waals surface area (Å²) in [5.41, 5.74) is 4.09. The van der Waals surface area contributed by atoms with E-state index in [1.807, 2.05) is 24.3 Å². The zero-order chi connectivity index (χ0) is 22.6. The summed E-state index contributed by atoms with van der Waals surface area (Å²) < 4.78 is 16.4. The number of benzene rings is 2. The third-order valence-electron chi connectivity index (χ3n) is 4.75. The summed E-state index contributed by atoms with van der Waals surface area (Å²) in [5, 5.41) is 0. The van der Waals surface area contributed by atoms with E-state index >= 15 is 0 Å². The molecule has 0 amide bonds. The molecular formula is C27H32O4. The van der Waals surface area contributed by atoms with Crippen molar-refractivity contribution in [2.45, 2.75) is 33.6 Å². The van der Waals surface area contributed by atoms with Crippen LogP contribution in [0.25, 0.3) is 6.08 Å². The molecule has 0 spiro atoms. The molecule has 0 aromatic heterocycles. The third-order valence-corrected chi connectivity index (χ3v) is 4.75. The second kappa shape index (κ2) is 12.4. The Labute approximate surface area is 185 Å². The topological polar surface area (TPSA) is 44.8 Å². The van der Waals surface area contributed by atoms with Gasteiger partial charge in [-0.2, -0.15) is 0 Å². The Kier molecular flexibility index (Phi) is 9.63. The van der Waals surface area contributed by atoms with E-state index in [2.05, 4.69) is 32.9 Å². The summed E-state index contributed by atoms with van der Waals surface area (Å²) in [7, 11) is 3.20. The minimum absolute atomic E-state index is 0.101. The van der Waals surface area contributed by atoms with Crippen LogP contribution >= 0.6 is 0 Å². The summed E-state index contributed by atoms with van der Waals surface area (Å²) in [4.78, 5) is 12.6. The Bertz CT molecular complexity index is 946. The fourth-order valence-electron chi connectivity index (χ4n) is 2.89. The van der Waals surface area contributed by atoms with Gasteiger partial charge in [0.25, 0.3) is 0 Å². The van der Waals surface area contributed by atoms with Gasteiger partial charge in [0.15, 0.2) is 17.3 Å². The zero-order valence-corrected chi connectivity index (χ0v) is 19.1. The van der Waals surface area contributed by atoms with Crippen LogP contribution in [0.3, 0.4) is 0 Å². The zero-order valence-electron chi connectivity index (χ0n) is 19.1. The summed E-state index contributed by atoms with van der Waals surface area (Å²) in [6, 6.07) is 12.8. The van der Waals surface area contributed by atoms with Crippen LogP contribution in [0.15, 0.2) is 71.8 Å². The first-order chi connectivity index (χ1) is 14.9.